The van der Waals surface area contributed by atoms with E-state index in [1.807, 2.05) is 6.07 Å². The summed E-state index contributed by atoms with van der Waals surface area (Å²) >= 11 is 0. The average molecular weight is 269 g/mol. The first-order chi connectivity index (χ1) is 9.83. The molecule has 0 amide bonds. The van der Waals surface area contributed by atoms with Gasteiger partial charge in [0.1, 0.15) is 5.69 Å². The van der Waals surface area contributed by atoms with E-state index in [1.54, 1.807) is 0 Å². The van der Waals surface area contributed by atoms with Gasteiger partial charge in [0.2, 0.25) is 5.89 Å². The molecule has 1 aromatic carbocycles. The Hall–Kier alpha value is -2.10. The Kier molecular flexibility index (Phi) is 3.54. The van der Waals surface area contributed by atoms with Gasteiger partial charge in [-0.2, -0.15) is 0 Å². The normalized spacial score (nSPS) is 11.3. The first-order valence-corrected chi connectivity index (χ1v) is 7.24. The summed E-state index contributed by atoms with van der Waals surface area (Å²) in [5.41, 5.74) is 2.21. The number of hydrogen-bond donors (Lipinski definition) is 0. The number of fused-ring (bicyclic) bond motifs is 1. The Balaban J connectivity index is 2.02. The molecular formula is C16H19N3O. The number of hydrogen-bond acceptors (Lipinski definition) is 3. The van der Waals surface area contributed by atoms with Gasteiger partial charge in [-0.1, -0.05) is 31.5 Å². The molecular weight excluding hydrogens is 250 g/mol. The Morgan fingerprint density at radius 2 is 2.00 bits per heavy atom. The predicted octanol–water partition coefficient (Wildman–Crippen LogP) is 4.05. The summed E-state index contributed by atoms with van der Waals surface area (Å²) in [7, 11) is 0. The van der Waals surface area contributed by atoms with Gasteiger partial charge in [-0.05, 0) is 25.5 Å². The topological polar surface area (TPSA) is 43.9 Å². The van der Waals surface area contributed by atoms with Gasteiger partial charge in [0.05, 0.1) is 0 Å². The van der Waals surface area contributed by atoms with Gasteiger partial charge >= 0.3 is 0 Å². The summed E-state index contributed by atoms with van der Waals surface area (Å²) in [6, 6.07) is 10.5. The quantitative estimate of drug-likeness (QED) is 0.701. The summed E-state index contributed by atoms with van der Waals surface area (Å²) < 4.78 is 8.02. The monoisotopic (exact) mass is 269 g/mol. The lowest BCUT2D eigenvalue weighted by atomic mass is 10.2. The van der Waals surface area contributed by atoms with Crippen LogP contribution in [0.4, 0.5) is 0 Å². The maximum atomic E-state index is 5.80. The molecule has 0 fully saturated rings. The first-order valence-electron chi connectivity index (χ1n) is 7.24. The van der Waals surface area contributed by atoms with Gasteiger partial charge in [0.15, 0.2) is 0 Å². The van der Waals surface area contributed by atoms with E-state index < -0.39 is 0 Å². The number of unbranched alkanes of at least 4 members (excludes halogenated alkanes) is 1. The van der Waals surface area contributed by atoms with E-state index in [9.17, 15) is 0 Å². The highest BCUT2D eigenvalue weighted by atomic mass is 16.4. The first kappa shape index (κ1) is 12.9. The molecule has 104 valence electrons. The zero-order valence-corrected chi connectivity index (χ0v) is 12.0. The molecule has 4 nitrogen and oxygen atoms in total. The van der Waals surface area contributed by atoms with Gasteiger partial charge in [-0.3, -0.25) is 0 Å². The molecule has 3 rings (SSSR count). The van der Waals surface area contributed by atoms with Gasteiger partial charge in [0, 0.05) is 23.9 Å². The molecule has 2 heterocycles. The average Bonchev–Trinajstić information content (AvgIpc) is 3.08. The molecule has 0 unspecified atom stereocenters. The minimum absolute atomic E-state index is 0.620. The van der Waals surface area contributed by atoms with Crippen LogP contribution in [0.25, 0.3) is 22.5 Å². The van der Waals surface area contributed by atoms with Crippen LogP contribution in [0.3, 0.4) is 0 Å². The molecule has 0 aliphatic carbocycles. The zero-order chi connectivity index (χ0) is 13.9. The number of aromatic nitrogens is 3. The molecule has 0 radical (unpaired) electrons. The number of para-hydroxylation sites is 1. The second kappa shape index (κ2) is 5.49. The molecule has 0 saturated carbocycles. The highest BCUT2D eigenvalue weighted by Gasteiger charge is 2.15. The largest absolute Gasteiger partial charge is 0.419 e. The van der Waals surface area contributed by atoms with Crippen molar-refractivity contribution >= 4 is 10.9 Å². The zero-order valence-electron chi connectivity index (χ0n) is 12.0. The summed E-state index contributed by atoms with van der Waals surface area (Å²) in [5, 5.41) is 9.56. The molecule has 0 bridgehead atoms. The van der Waals surface area contributed by atoms with Crippen molar-refractivity contribution in [2.75, 3.05) is 0 Å². The molecule has 2 aromatic heterocycles. The van der Waals surface area contributed by atoms with Crippen molar-refractivity contribution in [3.05, 3.63) is 36.2 Å². The second-order valence-electron chi connectivity index (χ2n) is 4.94. The minimum Gasteiger partial charge on any atom is -0.419 e. The fourth-order valence-electron chi connectivity index (χ4n) is 2.51. The fourth-order valence-corrected chi connectivity index (χ4v) is 2.51. The second-order valence-corrected chi connectivity index (χ2v) is 4.94. The predicted molar refractivity (Wildman–Crippen MR) is 79.5 cm³/mol. The Labute approximate surface area is 118 Å². The molecule has 4 heteroatoms. The molecule has 20 heavy (non-hydrogen) atoms. The summed E-state index contributed by atoms with van der Waals surface area (Å²) in [4.78, 5) is 0. The van der Waals surface area contributed by atoms with E-state index in [0.29, 0.717) is 5.89 Å². The van der Waals surface area contributed by atoms with Crippen LogP contribution in [0.1, 0.15) is 32.6 Å². The van der Waals surface area contributed by atoms with Crippen LogP contribution in [-0.4, -0.2) is 14.8 Å². The number of aryl methyl sites for hydroxylation is 2. The van der Waals surface area contributed by atoms with Crippen molar-refractivity contribution in [3.8, 4) is 11.6 Å². The molecule has 0 aliphatic heterocycles. The minimum atomic E-state index is 0.620. The van der Waals surface area contributed by atoms with E-state index in [-0.39, 0.29) is 0 Å². The Morgan fingerprint density at radius 3 is 2.80 bits per heavy atom. The summed E-state index contributed by atoms with van der Waals surface area (Å²) in [5.74, 6) is 1.35. The Bertz CT molecular complexity index is 711. The van der Waals surface area contributed by atoms with Crippen LogP contribution in [0, 0.1) is 0 Å². The van der Waals surface area contributed by atoms with E-state index in [1.165, 1.54) is 10.9 Å². The van der Waals surface area contributed by atoms with E-state index in [0.717, 1.165) is 37.4 Å². The highest BCUT2D eigenvalue weighted by molar-refractivity contribution is 5.85. The summed E-state index contributed by atoms with van der Waals surface area (Å²) in [6.07, 6.45) is 3.07. The van der Waals surface area contributed by atoms with Crippen LogP contribution in [0.15, 0.2) is 34.7 Å². The van der Waals surface area contributed by atoms with Gasteiger partial charge in [0.25, 0.3) is 5.89 Å². The maximum Gasteiger partial charge on any atom is 0.264 e. The number of nitrogens with zero attached hydrogens (tertiary/aromatic N) is 3. The number of benzene rings is 1. The molecule has 0 aliphatic rings. The van der Waals surface area contributed by atoms with E-state index in [2.05, 4.69) is 52.9 Å². The third-order valence-corrected chi connectivity index (χ3v) is 3.56. The van der Waals surface area contributed by atoms with Crippen molar-refractivity contribution in [1.82, 2.24) is 14.8 Å². The third kappa shape index (κ3) is 2.22. The maximum absolute atomic E-state index is 5.80. The highest BCUT2D eigenvalue weighted by Crippen LogP contribution is 2.27. The molecule has 0 spiro atoms. The molecule has 3 aromatic rings. The van der Waals surface area contributed by atoms with Crippen molar-refractivity contribution in [1.29, 1.82) is 0 Å². The van der Waals surface area contributed by atoms with Crippen LogP contribution < -0.4 is 0 Å². The third-order valence-electron chi connectivity index (χ3n) is 3.56. The van der Waals surface area contributed by atoms with Crippen LogP contribution in [-0.2, 0) is 13.0 Å². The van der Waals surface area contributed by atoms with Crippen molar-refractivity contribution in [3.63, 3.8) is 0 Å². The lowest BCUT2D eigenvalue weighted by molar-refractivity contribution is 0.492. The van der Waals surface area contributed by atoms with Gasteiger partial charge in [-0.15, -0.1) is 10.2 Å². The SMILES string of the molecule is CCCCc1nnc(-c2cc3ccccc3n2CC)o1. The Morgan fingerprint density at radius 1 is 1.15 bits per heavy atom. The molecule has 0 N–H and O–H groups in total. The van der Waals surface area contributed by atoms with Crippen LogP contribution >= 0.6 is 0 Å². The van der Waals surface area contributed by atoms with E-state index >= 15 is 0 Å². The lowest BCUT2D eigenvalue weighted by Crippen LogP contribution is -1.96. The van der Waals surface area contributed by atoms with Crippen molar-refractivity contribution in [2.24, 2.45) is 0 Å². The van der Waals surface area contributed by atoms with E-state index in [4.69, 9.17) is 4.42 Å². The van der Waals surface area contributed by atoms with Crippen molar-refractivity contribution < 1.29 is 4.42 Å². The standard InChI is InChI=1S/C16H19N3O/c1-3-5-10-15-17-18-16(20-15)14-11-12-8-6-7-9-13(12)19(14)4-2/h6-9,11H,3-5,10H2,1-2H3. The van der Waals surface area contributed by atoms with Gasteiger partial charge < -0.3 is 8.98 Å². The van der Waals surface area contributed by atoms with Crippen LogP contribution in [0.5, 0.6) is 0 Å². The fraction of sp³-hybridized carbons (Fsp3) is 0.375. The molecule has 0 saturated heterocycles. The lowest BCUT2D eigenvalue weighted by Gasteiger charge is -2.03. The smallest absolute Gasteiger partial charge is 0.264 e. The number of rotatable bonds is 5. The van der Waals surface area contributed by atoms with Crippen molar-refractivity contribution in [2.45, 2.75) is 39.7 Å². The van der Waals surface area contributed by atoms with Crippen LogP contribution in [0.2, 0.25) is 0 Å². The van der Waals surface area contributed by atoms with Gasteiger partial charge in [-0.25, -0.2) is 0 Å². The summed E-state index contributed by atoms with van der Waals surface area (Å²) in [6.45, 7) is 5.17. The molecule has 0 atom stereocenters.